The maximum Gasteiger partial charge on any atom is 0.259 e. The SMILES string of the molecule is O=C(c1c[nH]c2cc(Cl)ccc2c1=O)N1CC2CC(C1)c1cccc(=O)n1C2. The lowest BCUT2D eigenvalue weighted by molar-refractivity contribution is 0.0593. The average Bonchev–Trinajstić information content (AvgIpc) is 2.68. The summed E-state index contributed by atoms with van der Waals surface area (Å²) < 4.78 is 1.83. The predicted octanol–water partition coefficient (Wildman–Crippen LogP) is 2.60. The molecule has 2 aromatic heterocycles. The topological polar surface area (TPSA) is 75.2 Å². The molecule has 1 saturated heterocycles. The molecule has 1 amide bonds. The number of carbonyl (C=O) groups excluding carboxylic acids is 1. The van der Waals surface area contributed by atoms with Crippen LogP contribution in [0.1, 0.15) is 28.4 Å². The van der Waals surface area contributed by atoms with E-state index in [9.17, 15) is 14.4 Å². The lowest BCUT2D eigenvalue weighted by atomic mass is 9.83. The minimum Gasteiger partial charge on any atom is -0.360 e. The van der Waals surface area contributed by atoms with Crippen molar-refractivity contribution in [1.29, 1.82) is 0 Å². The van der Waals surface area contributed by atoms with Crippen LogP contribution in [0.15, 0.2) is 52.2 Å². The molecule has 3 aromatic rings. The highest BCUT2D eigenvalue weighted by Gasteiger charge is 2.37. The first kappa shape index (κ1) is 17.3. The van der Waals surface area contributed by atoms with Crippen LogP contribution in [-0.4, -0.2) is 33.4 Å². The Hall–Kier alpha value is -2.86. The number of H-pyrrole nitrogens is 1. The minimum absolute atomic E-state index is 0.0108. The van der Waals surface area contributed by atoms with E-state index in [4.69, 9.17) is 11.6 Å². The molecule has 2 unspecified atom stereocenters. The summed E-state index contributed by atoms with van der Waals surface area (Å²) in [5, 5.41) is 0.976. The summed E-state index contributed by atoms with van der Waals surface area (Å²) in [6, 6.07) is 10.3. The molecule has 0 saturated carbocycles. The largest absolute Gasteiger partial charge is 0.360 e. The van der Waals surface area contributed by atoms with Gasteiger partial charge in [0.25, 0.3) is 11.5 Å². The van der Waals surface area contributed by atoms with Crippen LogP contribution in [0, 0.1) is 5.92 Å². The average molecular weight is 396 g/mol. The van der Waals surface area contributed by atoms with Crippen molar-refractivity contribution < 1.29 is 4.79 Å². The summed E-state index contributed by atoms with van der Waals surface area (Å²) in [4.78, 5) is 42.9. The summed E-state index contributed by atoms with van der Waals surface area (Å²) >= 11 is 5.98. The number of hydrogen-bond donors (Lipinski definition) is 1. The van der Waals surface area contributed by atoms with Crippen molar-refractivity contribution >= 4 is 28.4 Å². The highest BCUT2D eigenvalue weighted by Crippen LogP contribution is 2.35. The molecule has 7 heteroatoms. The second-order valence-electron chi connectivity index (χ2n) is 7.63. The van der Waals surface area contributed by atoms with Gasteiger partial charge in [0.15, 0.2) is 0 Å². The number of fused-ring (bicyclic) bond motifs is 5. The number of nitrogens with zero attached hydrogens (tertiary/aromatic N) is 2. The summed E-state index contributed by atoms with van der Waals surface area (Å²) in [5.74, 6) is 0.0665. The second-order valence-corrected chi connectivity index (χ2v) is 8.07. The van der Waals surface area contributed by atoms with Gasteiger partial charge in [0.05, 0.1) is 5.52 Å². The van der Waals surface area contributed by atoms with Crippen molar-refractivity contribution in [3.8, 4) is 0 Å². The summed E-state index contributed by atoms with van der Waals surface area (Å²) in [6.45, 7) is 1.67. The zero-order chi connectivity index (χ0) is 19.4. The van der Waals surface area contributed by atoms with E-state index in [0.717, 1.165) is 12.1 Å². The van der Waals surface area contributed by atoms with Crippen molar-refractivity contribution in [2.24, 2.45) is 5.92 Å². The van der Waals surface area contributed by atoms with Gasteiger partial charge in [-0.2, -0.15) is 0 Å². The molecule has 142 valence electrons. The van der Waals surface area contributed by atoms with E-state index in [1.165, 1.54) is 6.20 Å². The van der Waals surface area contributed by atoms with Gasteiger partial charge in [0, 0.05) is 53.9 Å². The summed E-state index contributed by atoms with van der Waals surface area (Å²) in [6.07, 6.45) is 2.44. The Kier molecular flexibility index (Phi) is 3.91. The molecular formula is C21H18ClN3O3. The molecule has 2 aliphatic rings. The fraction of sp³-hybridized carbons (Fsp3) is 0.286. The number of amides is 1. The van der Waals surface area contributed by atoms with Crippen molar-refractivity contribution in [1.82, 2.24) is 14.5 Å². The van der Waals surface area contributed by atoms with E-state index in [2.05, 4.69) is 4.98 Å². The Balaban J connectivity index is 1.50. The van der Waals surface area contributed by atoms with Crippen LogP contribution in [0.5, 0.6) is 0 Å². The van der Waals surface area contributed by atoms with Crippen molar-refractivity contribution in [2.45, 2.75) is 18.9 Å². The number of rotatable bonds is 1. The van der Waals surface area contributed by atoms with E-state index < -0.39 is 0 Å². The van der Waals surface area contributed by atoms with Crippen LogP contribution in [0.25, 0.3) is 10.9 Å². The fourth-order valence-corrected chi connectivity index (χ4v) is 4.76. The molecule has 4 heterocycles. The number of carbonyl (C=O) groups is 1. The van der Waals surface area contributed by atoms with Gasteiger partial charge in [-0.25, -0.2) is 0 Å². The highest BCUT2D eigenvalue weighted by molar-refractivity contribution is 6.31. The first-order valence-electron chi connectivity index (χ1n) is 9.31. The molecule has 6 nitrogen and oxygen atoms in total. The number of nitrogens with one attached hydrogen (secondary N) is 1. The molecule has 0 spiro atoms. The Labute approximate surface area is 165 Å². The van der Waals surface area contributed by atoms with E-state index in [1.54, 1.807) is 35.2 Å². The third-order valence-electron chi connectivity index (χ3n) is 5.84. The molecular weight excluding hydrogens is 378 g/mol. The Morgan fingerprint density at radius 3 is 2.82 bits per heavy atom. The molecule has 1 fully saturated rings. The predicted molar refractivity (Wildman–Crippen MR) is 107 cm³/mol. The van der Waals surface area contributed by atoms with Crippen LogP contribution in [-0.2, 0) is 6.54 Å². The van der Waals surface area contributed by atoms with E-state index >= 15 is 0 Å². The number of piperidine rings is 1. The lowest BCUT2D eigenvalue weighted by Crippen LogP contribution is -2.49. The Bertz CT molecular complexity index is 1230. The molecule has 2 bridgehead atoms. The monoisotopic (exact) mass is 395 g/mol. The quantitative estimate of drug-likeness (QED) is 0.688. The van der Waals surface area contributed by atoms with Crippen LogP contribution < -0.4 is 11.0 Å². The van der Waals surface area contributed by atoms with Gasteiger partial charge in [-0.15, -0.1) is 0 Å². The van der Waals surface area contributed by atoms with Gasteiger partial charge in [-0.05, 0) is 36.6 Å². The molecule has 2 atom stereocenters. The fourth-order valence-electron chi connectivity index (χ4n) is 4.59. The summed E-state index contributed by atoms with van der Waals surface area (Å²) in [7, 11) is 0. The molecule has 5 rings (SSSR count). The number of halogens is 1. The van der Waals surface area contributed by atoms with Crippen LogP contribution in [0.4, 0.5) is 0 Å². The standard InChI is InChI=1S/C21H18ClN3O3/c22-14-4-5-15-17(7-14)23-8-16(20(15)27)21(28)24-9-12-6-13(11-24)18-2-1-3-19(26)25(18)10-12/h1-5,7-8,12-13H,6,9-11H2,(H,23,27). The smallest absolute Gasteiger partial charge is 0.259 e. The Morgan fingerprint density at radius 2 is 1.96 bits per heavy atom. The molecule has 0 aliphatic carbocycles. The van der Waals surface area contributed by atoms with E-state index in [-0.39, 0.29) is 34.3 Å². The van der Waals surface area contributed by atoms with Crippen molar-refractivity contribution in [2.75, 3.05) is 13.1 Å². The normalized spacial score (nSPS) is 20.8. The maximum atomic E-state index is 13.2. The van der Waals surface area contributed by atoms with Crippen LogP contribution >= 0.6 is 11.6 Å². The first-order chi connectivity index (χ1) is 13.5. The molecule has 1 aromatic carbocycles. The Morgan fingerprint density at radius 1 is 1.11 bits per heavy atom. The minimum atomic E-state index is -0.289. The molecule has 28 heavy (non-hydrogen) atoms. The van der Waals surface area contributed by atoms with Gasteiger partial charge < -0.3 is 14.5 Å². The second kappa shape index (κ2) is 6.34. The third kappa shape index (κ3) is 2.67. The van der Waals surface area contributed by atoms with E-state index in [0.29, 0.717) is 35.6 Å². The zero-order valence-electron chi connectivity index (χ0n) is 15.0. The number of aromatic nitrogens is 2. The number of hydrogen-bond acceptors (Lipinski definition) is 3. The maximum absolute atomic E-state index is 13.2. The summed E-state index contributed by atoms with van der Waals surface area (Å²) in [5.41, 5.74) is 1.45. The van der Waals surface area contributed by atoms with Gasteiger partial charge in [0.2, 0.25) is 5.43 Å². The molecule has 1 N–H and O–H groups in total. The van der Waals surface area contributed by atoms with Gasteiger partial charge >= 0.3 is 0 Å². The van der Waals surface area contributed by atoms with Gasteiger partial charge in [-0.3, -0.25) is 14.4 Å². The van der Waals surface area contributed by atoms with Gasteiger partial charge in [-0.1, -0.05) is 17.7 Å². The third-order valence-corrected chi connectivity index (χ3v) is 6.08. The van der Waals surface area contributed by atoms with Crippen molar-refractivity contribution in [3.05, 3.63) is 79.5 Å². The van der Waals surface area contributed by atoms with Crippen molar-refractivity contribution in [3.63, 3.8) is 0 Å². The molecule has 0 radical (unpaired) electrons. The van der Waals surface area contributed by atoms with Gasteiger partial charge in [0.1, 0.15) is 5.56 Å². The van der Waals surface area contributed by atoms with Crippen LogP contribution in [0.3, 0.4) is 0 Å². The molecule has 2 aliphatic heterocycles. The number of likely N-dealkylation sites (tertiary alicyclic amines) is 1. The van der Waals surface area contributed by atoms with Crippen LogP contribution in [0.2, 0.25) is 5.02 Å². The number of aromatic amines is 1. The number of pyridine rings is 2. The number of benzene rings is 1. The first-order valence-corrected chi connectivity index (χ1v) is 9.69. The highest BCUT2D eigenvalue weighted by atomic mass is 35.5. The van der Waals surface area contributed by atoms with E-state index in [1.807, 2.05) is 10.6 Å². The zero-order valence-corrected chi connectivity index (χ0v) is 15.8. The lowest BCUT2D eigenvalue weighted by Gasteiger charge is -2.42.